The van der Waals surface area contributed by atoms with Crippen LogP contribution in [0.5, 0.6) is 6.01 Å². The Morgan fingerprint density at radius 1 is 1.32 bits per heavy atom. The van der Waals surface area contributed by atoms with Crippen LogP contribution >= 0.6 is 0 Å². The van der Waals surface area contributed by atoms with E-state index in [2.05, 4.69) is 59.6 Å². The molecule has 1 aromatic heterocycles. The zero-order chi connectivity index (χ0) is 27.2. The van der Waals surface area contributed by atoms with Crippen molar-refractivity contribution in [1.29, 1.82) is 5.26 Å². The Morgan fingerprint density at radius 2 is 2.08 bits per heavy atom. The van der Waals surface area contributed by atoms with Crippen LogP contribution in [0.15, 0.2) is 18.2 Å². The second kappa shape index (κ2) is 12.2. The minimum Gasteiger partial charge on any atom is -0.463 e. The Hall–Kier alpha value is -3.42. The molecule has 0 radical (unpaired) electrons. The topological polar surface area (TPSA) is 116 Å². The van der Waals surface area contributed by atoms with Crippen molar-refractivity contribution < 1.29 is 14.4 Å². The number of aromatic nitrogens is 2. The number of hydrogen-bond acceptors (Lipinski definition) is 9. The molecule has 2 aromatic rings. The van der Waals surface area contributed by atoms with Gasteiger partial charge in [0.2, 0.25) is 0 Å². The van der Waals surface area contributed by atoms with E-state index in [1.54, 1.807) is 12.1 Å². The summed E-state index contributed by atoms with van der Waals surface area (Å²) >= 11 is 0. The third-order valence-corrected chi connectivity index (χ3v) is 6.36. The first kappa shape index (κ1) is 28.2. The number of hydroxylamine groups is 1. The lowest BCUT2D eigenvalue weighted by molar-refractivity contribution is 0.0537. The fraction of sp³-hybridized carbons (Fsp3) is 0.556. The number of hydrogen-bond donors (Lipinski definition) is 2. The van der Waals surface area contributed by atoms with E-state index in [4.69, 9.17) is 9.57 Å². The van der Waals surface area contributed by atoms with Crippen molar-refractivity contribution in [3.05, 3.63) is 34.9 Å². The van der Waals surface area contributed by atoms with Gasteiger partial charge >= 0.3 is 6.01 Å². The van der Waals surface area contributed by atoms with Crippen LogP contribution in [0.3, 0.4) is 0 Å². The highest BCUT2D eigenvalue weighted by molar-refractivity contribution is 5.95. The van der Waals surface area contributed by atoms with Crippen LogP contribution in [-0.4, -0.2) is 67.7 Å². The maximum atomic E-state index is 12.3. The van der Waals surface area contributed by atoms with Gasteiger partial charge in [0.25, 0.3) is 5.91 Å². The van der Waals surface area contributed by atoms with Crippen LogP contribution in [0.4, 0.5) is 17.3 Å². The molecule has 3 rings (SSSR count). The molecule has 2 heterocycles. The zero-order valence-electron chi connectivity index (χ0n) is 23.0. The number of nitrogens with one attached hydrogen (secondary N) is 2. The molecule has 10 nitrogen and oxygen atoms in total. The molecule has 0 spiro atoms. The van der Waals surface area contributed by atoms with Crippen molar-refractivity contribution in [2.24, 2.45) is 5.41 Å². The lowest BCUT2D eigenvalue weighted by atomic mass is 9.96. The van der Waals surface area contributed by atoms with Gasteiger partial charge in [0, 0.05) is 30.9 Å². The normalized spacial score (nSPS) is 15.8. The Bertz CT molecular complexity index is 1140. The maximum Gasteiger partial charge on any atom is 0.320 e. The Kier molecular flexibility index (Phi) is 9.29. The number of likely N-dealkylation sites (tertiary alicyclic amines) is 1. The summed E-state index contributed by atoms with van der Waals surface area (Å²) in [6, 6.07) is 8.20. The number of benzene rings is 1. The molecule has 2 N–H and O–H groups in total. The van der Waals surface area contributed by atoms with Crippen molar-refractivity contribution >= 4 is 23.2 Å². The molecule has 1 atom stereocenters. The van der Waals surface area contributed by atoms with Crippen LogP contribution < -0.4 is 20.4 Å². The third-order valence-electron chi connectivity index (χ3n) is 6.36. The number of rotatable bonds is 10. The number of ether oxygens (including phenoxy) is 1. The summed E-state index contributed by atoms with van der Waals surface area (Å²) in [4.78, 5) is 30.6. The number of amides is 1. The molecule has 37 heavy (non-hydrogen) atoms. The van der Waals surface area contributed by atoms with Crippen LogP contribution in [0.1, 0.15) is 61.5 Å². The van der Waals surface area contributed by atoms with Crippen LogP contribution in [-0.2, 0) is 4.84 Å². The number of anilines is 3. The molecule has 1 saturated heterocycles. The predicted octanol–water partition coefficient (Wildman–Crippen LogP) is 4.04. The SMILES string of the molecule is CONC(=O)c1ccc(C)c(Nc2nc(OCCC3CCCN3C)nc(N(C)CC(C)(C)C)c2C#N)c1. The Balaban J connectivity index is 1.96. The van der Waals surface area contributed by atoms with E-state index < -0.39 is 0 Å². The second-order valence-corrected chi connectivity index (χ2v) is 10.8. The quantitative estimate of drug-likeness (QED) is 0.458. The van der Waals surface area contributed by atoms with Crippen molar-refractivity contribution in [3.63, 3.8) is 0 Å². The van der Waals surface area contributed by atoms with Gasteiger partial charge < -0.3 is 19.9 Å². The largest absolute Gasteiger partial charge is 0.463 e. The second-order valence-electron chi connectivity index (χ2n) is 10.8. The average Bonchev–Trinajstić information content (AvgIpc) is 3.23. The highest BCUT2D eigenvalue weighted by Crippen LogP contribution is 2.31. The lowest BCUT2D eigenvalue weighted by Gasteiger charge is -2.28. The molecule has 1 amide bonds. The van der Waals surface area contributed by atoms with Crippen molar-refractivity contribution in [1.82, 2.24) is 20.3 Å². The number of carbonyl (C=O) groups is 1. The molecule has 1 aliphatic heterocycles. The minimum atomic E-state index is -0.375. The summed E-state index contributed by atoms with van der Waals surface area (Å²) in [6.45, 7) is 10.6. The van der Waals surface area contributed by atoms with E-state index >= 15 is 0 Å². The molecular weight excluding hydrogens is 470 g/mol. The first-order valence-electron chi connectivity index (χ1n) is 12.6. The summed E-state index contributed by atoms with van der Waals surface area (Å²) in [6.07, 6.45) is 3.24. The summed E-state index contributed by atoms with van der Waals surface area (Å²) in [5, 5.41) is 13.4. The Morgan fingerprint density at radius 3 is 2.70 bits per heavy atom. The molecule has 1 aromatic carbocycles. The summed E-state index contributed by atoms with van der Waals surface area (Å²) < 4.78 is 6.03. The number of nitriles is 1. The van der Waals surface area contributed by atoms with Crippen LogP contribution in [0, 0.1) is 23.7 Å². The van der Waals surface area contributed by atoms with Crippen LogP contribution in [0.25, 0.3) is 0 Å². The highest BCUT2D eigenvalue weighted by atomic mass is 16.6. The molecule has 1 unspecified atom stereocenters. The van der Waals surface area contributed by atoms with Gasteiger partial charge in [0.05, 0.1) is 13.7 Å². The fourth-order valence-corrected chi connectivity index (χ4v) is 4.56. The molecule has 0 aliphatic carbocycles. The zero-order valence-corrected chi connectivity index (χ0v) is 23.0. The molecule has 1 aliphatic rings. The van der Waals surface area contributed by atoms with Gasteiger partial charge in [0.15, 0.2) is 11.6 Å². The highest BCUT2D eigenvalue weighted by Gasteiger charge is 2.24. The maximum absolute atomic E-state index is 12.3. The van der Waals surface area contributed by atoms with Gasteiger partial charge in [-0.15, -0.1) is 0 Å². The van der Waals surface area contributed by atoms with Gasteiger partial charge in [0.1, 0.15) is 11.6 Å². The third kappa shape index (κ3) is 7.54. The van der Waals surface area contributed by atoms with E-state index in [0.717, 1.165) is 24.9 Å². The summed E-state index contributed by atoms with van der Waals surface area (Å²) in [5.74, 6) is 0.447. The van der Waals surface area contributed by atoms with Crippen molar-refractivity contribution in [2.75, 3.05) is 51.1 Å². The molecule has 200 valence electrons. The smallest absolute Gasteiger partial charge is 0.320 e. The van der Waals surface area contributed by atoms with Gasteiger partial charge in [-0.3, -0.25) is 9.63 Å². The first-order valence-corrected chi connectivity index (χ1v) is 12.6. The van der Waals surface area contributed by atoms with Crippen molar-refractivity contribution in [3.8, 4) is 12.1 Å². The lowest BCUT2D eigenvalue weighted by Crippen LogP contribution is -2.31. The molecular formula is C27H39N7O3. The first-order chi connectivity index (χ1) is 17.5. The molecule has 1 fully saturated rings. The molecule has 0 bridgehead atoms. The van der Waals surface area contributed by atoms with Gasteiger partial charge in [-0.1, -0.05) is 26.8 Å². The van der Waals surface area contributed by atoms with E-state index in [9.17, 15) is 10.1 Å². The van der Waals surface area contributed by atoms with Gasteiger partial charge in [-0.25, -0.2) is 5.48 Å². The standard InChI is InChI=1S/C27H39N7O3/c1-18-10-11-19(25(35)32-36-7)15-22(18)29-23-21(16-28)24(34(6)17-27(2,3)4)31-26(30-23)37-14-12-20-9-8-13-33(20)5/h10-11,15,20H,8-9,12-14,17H2,1-7H3,(H,32,35)(H,29,30,31). The predicted molar refractivity (Wildman–Crippen MR) is 144 cm³/mol. The van der Waals surface area contributed by atoms with Crippen LogP contribution in [0.2, 0.25) is 0 Å². The monoisotopic (exact) mass is 509 g/mol. The number of carbonyl (C=O) groups excluding carboxylic acids is 1. The molecule has 10 heteroatoms. The average molecular weight is 510 g/mol. The van der Waals surface area contributed by atoms with E-state index in [1.165, 1.54) is 13.5 Å². The van der Waals surface area contributed by atoms with E-state index in [0.29, 0.717) is 47.6 Å². The minimum absolute atomic E-state index is 0.0201. The molecule has 0 saturated carbocycles. The van der Waals surface area contributed by atoms with E-state index in [-0.39, 0.29) is 17.3 Å². The van der Waals surface area contributed by atoms with Gasteiger partial charge in [-0.05, 0) is 62.9 Å². The van der Waals surface area contributed by atoms with Crippen molar-refractivity contribution in [2.45, 2.75) is 53.0 Å². The van der Waals surface area contributed by atoms with E-state index in [1.807, 2.05) is 24.9 Å². The summed E-state index contributed by atoms with van der Waals surface area (Å²) in [7, 11) is 5.43. The number of aryl methyl sites for hydroxylation is 1. The summed E-state index contributed by atoms with van der Waals surface area (Å²) in [5.41, 5.74) is 4.54. The van der Waals surface area contributed by atoms with Gasteiger partial charge in [-0.2, -0.15) is 15.2 Å². The fourth-order valence-electron chi connectivity index (χ4n) is 4.56. The number of nitrogens with zero attached hydrogens (tertiary/aromatic N) is 5. The Labute approximate surface area is 219 Å².